The minimum Gasteiger partial charge on any atom is -0.296 e. The molecule has 0 saturated heterocycles. The highest BCUT2D eigenvalue weighted by Gasteiger charge is 1.92. The van der Waals surface area contributed by atoms with Crippen molar-refractivity contribution in [3.63, 3.8) is 0 Å². The van der Waals surface area contributed by atoms with Gasteiger partial charge in [-0.05, 0) is 31.1 Å². The van der Waals surface area contributed by atoms with Gasteiger partial charge in [0, 0.05) is 18.8 Å². The van der Waals surface area contributed by atoms with Crippen LogP contribution in [0.25, 0.3) is 0 Å². The molecule has 15 heavy (non-hydrogen) atoms. The normalized spacial score (nSPS) is 13.5. The summed E-state index contributed by atoms with van der Waals surface area (Å²) in [6.07, 6.45) is 9.13. The molecular formula is C13H16N2. The molecule has 0 amide bonds. The van der Waals surface area contributed by atoms with Crippen LogP contribution in [-0.4, -0.2) is 13.3 Å². The van der Waals surface area contributed by atoms with Crippen LogP contribution in [0.3, 0.4) is 0 Å². The predicted octanol–water partition coefficient (Wildman–Crippen LogP) is 3.22. The van der Waals surface area contributed by atoms with Crippen LogP contribution in [-0.2, 0) is 0 Å². The molecule has 0 aromatic carbocycles. The van der Waals surface area contributed by atoms with Gasteiger partial charge in [0.1, 0.15) is 0 Å². The number of hydrogen-bond donors (Lipinski definition) is 0. The average molecular weight is 200 g/mol. The number of rotatable bonds is 4. The minimum absolute atomic E-state index is 0.672. The second-order valence-corrected chi connectivity index (χ2v) is 2.98. The van der Waals surface area contributed by atoms with E-state index in [1.165, 1.54) is 0 Å². The van der Waals surface area contributed by atoms with Crippen LogP contribution in [0.4, 0.5) is 0 Å². The summed E-state index contributed by atoms with van der Waals surface area (Å²) >= 11 is 0. The van der Waals surface area contributed by atoms with E-state index in [-0.39, 0.29) is 0 Å². The zero-order chi connectivity index (χ0) is 11.7. The van der Waals surface area contributed by atoms with Gasteiger partial charge in [0.15, 0.2) is 0 Å². The Hall–Kier alpha value is -1.88. The monoisotopic (exact) mass is 200 g/mol. The predicted molar refractivity (Wildman–Crippen MR) is 65.8 cm³/mol. The molecule has 0 spiro atoms. The van der Waals surface area contributed by atoms with Crippen LogP contribution < -0.4 is 0 Å². The summed E-state index contributed by atoms with van der Waals surface area (Å²) in [7, 11) is 1.72. The van der Waals surface area contributed by atoms with E-state index in [1.54, 1.807) is 26.3 Å². The fourth-order valence-electron chi connectivity index (χ4n) is 0.924. The first-order valence-corrected chi connectivity index (χ1v) is 4.68. The first-order chi connectivity index (χ1) is 7.15. The molecule has 0 radical (unpaired) electrons. The quantitative estimate of drug-likeness (QED) is 0.390. The number of nitrogens with zero attached hydrogens (tertiary/aromatic N) is 2. The number of nitriles is 1. The van der Waals surface area contributed by atoms with Crippen LogP contribution in [0.2, 0.25) is 0 Å². The molecule has 0 fully saturated rings. The molecule has 0 N–H and O–H groups in total. The van der Waals surface area contributed by atoms with Gasteiger partial charge in [0.05, 0.1) is 6.07 Å². The standard InChI is InChI=1S/C13H16N2/c1-5-13(10-15-4)12(3)8-6-7-11(2)9-14/h5-8,10H,3H2,1-2,4H3/b8-6-,11-7+,13-5+,15-10?. The van der Waals surface area contributed by atoms with Gasteiger partial charge < -0.3 is 0 Å². The minimum atomic E-state index is 0.672. The van der Waals surface area contributed by atoms with E-state index in [2.05, 4.69) is 11.6 Å². The van der Waals surface area contributed by atoms with E-state index in [0.717, 1.165) is 11.1 Å². The molecule has 0 aromatic rings. The second kappa shape index (κ2) is 7.52. The zero-order valence-electron chi connectivity index (χ0n) is 9.49. The Morgan fingerprint density at radius 3 is 2.60 bits per heavy atom. The number of aliphatic imine (C=N–C) groups is 1. The van der Waals surface area contributed by atoms with E-state index in [9.17, 15) is 0 Å². The number of hydrogen-bond acceptors (Lipinski definition) is 2. The molecule has 0 unspecified atom stereocenters. The van der Waals surface area contributed by atoms with Crippen molar-refractivity contribution in [2.45, 2.75) is 13.8 Å². The maximum atomic E-state index is 8.53. The van der Waals surface area contributed by atoms with E-state index < -0.39 is 0 Å². The van der Waals surface area contributed by atoms with Crippen LogP contribution >= 0.6 is 0 Å². The molecule has 0 aliphatic carbocycles. The third-order valence-electron chi connectivity index (χ3n) is 1.77. The molecule has 2 nitrogen and oxygen atoms in total. The van der Waals surface area contributed by atoms with Gasteiger partial charge in [-0.2, -0.15) is 5.26 Å². The average Bonchev–Trinajstić information content (AvgIpc) is 2.25. The lowest BCUT2D eigenvalue weighted by Gasteiger charge is -1.98. The smallest absolute Gasteiger partial charge is 0.0944 e. The van der Waals surface area contributed by atoms with Crippen molar-refractivity contribution in [2.24, 2.45) is 4.99 Å². The van der Waals surface area contributed by atoms with Crippen LogP contribution in [0.15, 0.2) is 52.6 Å². The fourth-order valence-corrected chi connectivity index (χ4v) is 0.924. The molecular weight excluding hydrogens is 184 g/mol. The molecule has 0 bridgehead atoms. The van der Waals surface area contributed by atoms with Gasteiger partial charge in [-0.1, -0.05) is 24.8 Å². The van der Waals surface area contributed by atoms with E-state index >= 15 is 0 Å². The van der Waals surface area contributed by atoms with Crippen molar-refractivity contribution >= 4 is 6.21 Å². The maximum Gasteiger partial charge on any atom is 0.0944 e. The second-order valence-electron chi connectivity index (χ2n) is 2.98. The van der Waals surface area contributed by atoms with E-state index in [1.807, 2.05) is 31.2 Å². The molecule has 2 heteroatoms. The Balaban J connectivity index is 4.58. The highest BCUT2D eigenvalue weighted by atomic mass is 14.6. The third kappa shape index (κ3) is 5.43. The molecule has 0 heterocycles. The lowest BCUT2D eigenvalue weighted by atomic mass is 10.1. The SMILES string of the molecule is C=C(/C=C\C=C(/C)C#N)/C(C=NC)=C/C. The van der Waals surface area contributed by atoms with E-state index in [0.29, 0.717) is 5.57 Å². The van der Waals surface area contributed by atoms with Crippen molar-refractivity contribution in [1.82, 2.24) is 0 Å². The molecule has 78 valence electrons. The molecule has 0 atom stereocenters. The topological polar surface area (TPSA) is 36.1 Å². The Morgan fingerprint density at radius 1 is 1.47 bits per heavy atom. The van der Waals surface area contributed by atoms with Crippen molar-refractivity contribution in [3.05, 3.63) is 47.6 Å². The lowest BCUT2D eigenvalue weighted by molar-refractivity contribution is 1.44. The summed E-state index contributed by atoms with van der Waals surface area (Å²) in [5.74, 6) is 0. The summed E-state index contributed by atoms with van der Waals surface area (Å²) in [5.41, 5.74) is 2.53. The zero-order valence-corrected chi connectivity index (χ0v) is 9.49. The lowest BCUT2D eigenvalue weighted by Crippen LogP contribution is -1.86. The van der Waals surface area contributed by atoms with Crippen molar-refractivity contribution in [1.29, 1.82) is 5.26 Å². The summed E-state index contributed by atoms with van der Waals surface area (Å²) in [5, 5.41) is 8.53. The van der Waals surface area contributed by atoms with Gasteiger partial charge in [-0.3, -0.25) is 4.99 Å². The summed E-state index contributed by atoms with van der Waals surface area (Å²) in [6.45, 7) is 7.61. The highest BCUT2D eigenvalue weighted by molar-refractivity contribution is 5.85. The van der Waals surface area contributed by atoms with Gasteiger partial charge in [-0.15, -0.1) is 0 Å². The summed E-state index contributed by atoms with van der Waals surface area (Å²) in [4.78, 5) is 3.93. The highest BCUT2D eigenvalue weighted by Crippen LogP contribution is 2.07. The van der Waals surface area contributed by atoms with Gasteiger partial charge >= 0.3 is 0 Å². The van der Waals surface area contributed by atoms with E-state index in [4.69, 9.17) is 5.26 Å². The maximum absolute atomic E-state index is 8.53. The van der Waals surface area contributed by atoms with Crippen LogP contribution in [0, 0.1) is 11.3 Å². The molecule has 0 saturated carbocycles. The van der Waals surface area contributed by atoms with Crippen LogP contribution in [0.1, 0.15) is 13.8 Å². The van der Waals surface area contributed by atoms with Crippen LogP contribution in [0.5, 0.6) is 0 Å². The Morgan fingerprint density at radius 2 is 2.13 bits per heavy atom. The molecule has 0 aliphatic heterocycles. The van der Waals surface area contributed by atoms with Crippen molar-refractivity contribution < 1.29 is 0 Å². The largest absolute Gasteiger partial charge is 0.296 e. The Kier molecular flexibility index (Phi) is 6.57. The first kappa shape index (κ1) is 13.1. The molecule has 0 aliphatic rings. The summed E-state index contributed by atoms with van der Waals surface area (Å²) in [6, 6.07) is 2.05. The number of allylic oxidation sites excluding steroid dienone is 7. The van der Waals surface area contributed by atoms with Crippen molar-refractivity contribution in [3.8, 4) is 6.07 Å². The van der Waals surface area contributed by atoms with Gasteiger partial charge in [-0.25, -0.2) is 0 Å². The first-order valence-electron chi connectivity index (χ1n) is 4.68. The molecule has 0 aromatic heterocycles. The molecule has 0 rings (SSSR count). The van der Waals surface area contributed by atoms with Crippen molar-refractivity contribution in [2.75, 3.05) is 7.05 Å². The Bertz CT molecular complexity index is 374. The third-order valence-corrected chi connectivity index (χ3v) is 1.77. The van der Waals surface area contributed by atoms with Gasteiger partial charge in [0.2, 0.25) is 0 Å². The fraction of sp³-hybridized carbons (Fsp3) is 0.231. The van der Waals surface area contributed by atoms with Gasteiger partial charge in [0.25, 0.3) is 0 Å². The Labute approximate surface area is 91.6 Å². The summed E-state index contributed by atoms with van der Waals surface area (Å²) < 4.78 is 0.